The molecule has 1 aliphatic heterocycles. The molecule has 0 spiro atoms. The third kappa shape index (κ3) is 3.45. The Labute approximate surface area is 102 Å². The van der Waals surface area contributed by atoms with Crippen molar-refractivity contribution >= 4 is 15.7 Å². The van der Waals surface area contributed by atoms with Gasteiger partial charge in [0.15, 0.2) is 9.84 Å². The van der Waals surface area contributed by atoms with Crippen LogP contribution in [-0.2, 0) is 14.6 Å². The number of carbonyl (C=O) groups excluding carboxylic acids is 1. The van der Waals surface area contributed by atoms with Gasteiger partial charge in [-0.05, 0) is 20.4 Å². The topological polar surface area (TPSA) is 66.5 Å². The van der Waals surface area contributed by atoms with E-state index in [9.17, 15) is 13.2 Å². The highest BCUT2D eigenvalue weighted by Crippen LogP contribution is 2.18. The fourth-order valence-electron chi connectivity index (χ4n) is 1.88. The van der Waals surface area contributed by atoms with Crippen LogP contribution in [0.25, 0.3) is 0 Å². The summed E-state index contributed by atoms with van der Waals surface area (Å²) in [7, 11) is -1.33. The van der Waals surface area contributed by atoms with Crippen molar-refractivity contribution in [3.63, 3.8) is 0 Å². The molecule has 1 N–H and O–H groups in total. The van der Waals surface area contributed by atoms with Crippen molar-refractivity contribution in [2.24, 2.45) is 0 Å². The van der Waals surface area contributed by atoms with Crippen LogP contribution in [0.5, 0.6) is 0 Å². The molecule has 0 aromatic carbocycles. The van der Waals surface area contributed by atoms with Crippen LogP contribution in [0.4, 0.5) is 0 Å². The summed E-state index contributed by atoms with van der Waals surface area (Å²) in [5.74, 6) is 2.43. The number of sulfone groups is 1. The predicted molar refractivity (Wildman–Crippen MR) is 66.1 cm³/mol. The van der Waals surface area contributed by atoms with Crippen molar-refractivity contribution in [2.75, 3.05) is 25.1 Å². The second kappa shape index (κ2) is 5.52. The molecule has 1 heterocycles. The van der Waals surface area contributed by atoms with E-state index in [0.29, 0.717) is 6.42 Å². The second-order valence-electron chi connectivity index (χ2n) is 4.24. The molecule has 0 aromatic heterocycles. The minimum absolute atomic E-state index is 0.0247. The van der Waals surface area contributed by atoms with E-state index in [1.807, 2.05) is 0 Å². The van der Waals surface area contributed by atoms with Crippen LogP contribution in [0.2, 0.25) is 0 Å². The quantitative estimate of drug-likeness (QED) is 0.673. The minimum Gasteiger partial charge on any atom is -0.326 e. The van der Waals surface area contributed by atoms with Crippen LogP contribution in [-0.4, -0.2) is 56.4 Å². The first-order chi connectivity index (χ1) is 7.91. The molecule has 5 nitrogen and oxygen atoms in total. The number of nitrogens with one attached hydrogen (secondary N) is 1. The van der Waals surface area contributed by atoms with Crippen LogP contribution in [0.15, 0.2) is 0 Å². The van der Waals surface area contributed by atoms with Gasteiger partial charge in [-0.25, -0.2) is 8.42 Å². The summed E-state index contributed by atoms with van der Waals surface area (Å²) in [6, 6.07) is -0.633. The lowest BCUT2D eigenvalue weighted by molar-refractivity contribution is -0.134. The van der Waals surface area contributed by atoms with Gasteiger partial charge in [0.05, 0.1) is 24.1 Å². The number of carbonyl (C=O) groups is 1. The Balaban J connectivity index is 2.81. The van der Waals surface area contributed by atoms with E-state index in [1.165, 1.54) is 4.90 Å². The molecule has 1 fully saturated rings. The third-order valence-electron chi connectivity index (χ3n) is 3.00. The van der Waals surface area contributed by atoms with Gasteiger partial charge in [-0.2, -0.15) is 0 Å². The van der Waals surface area contributed by atoms with E-state index in [0.717, 1.165) is 0 Å². The van der Waals surface area contributed by atoms with Gasteiger partial charge in [-0.1, -0.05) is 5.92 Å². The number of rotatable bonds is 4. The number of terminal acetylenes is 1. The zero-order chi connectivity index (χ0) is 13.1. The molecule has 17 heavy (non-hydrogen) atoms. The Hall–Kier alpha value is -1.06. The normalized spacial score (nSPS) is 23.9. The number of amides is 1. The summed E-state index contributed by atoms with van der Waals surface area (Å²) in [5.41, 5.74) is 0. The average Bonchev–Trinajstić information content (AvgIpc) is 2.64. The van der Waals surface area contributed by atoms with E-state index in [4.69, 9.17) is 6.42 Å². The Morgan fingerprint density at radius 3 is 2.71 bits per heavy atom. The van der Waals surface area contributed by atoms with Gasteiger partial charge in [0.2, 0.25) is 5.91 Å². The fraction of sp³-hybridized carbons (Fsp3) is 0.727. The molecule has 2 unspecified atom stereocenters. The zero-order valence-corrected chi connectivity index (χ0v) is 11.0. The van der Waals surface area contributed by atoms with E-state index in [1.54, 1.807) is 14.0 Å². The van der Waals surface area contributed by atoms with Crippen molar-refractivity contribution in [2.45, 2.75) is 25.4 Å². The molecule has 0 radical (unpaired) electrons. The molecule has 1 amide bonds. The number of nitrogens with zero attached hydrogens (tertiary/aromatic N) is 1. The van der Waals surface area contributed by atoms with Crippen molar-refractivity contribution in [3.8, 4) is 12.3 Å². The monoisotopic (exact) mass is 258 g/mol. The summed E-state index contributed by atoms with van der Waals surface area (Å²) in [6.45, 7) is 1.89. The molecule has 0 aromatic rings. The van der Waals surface area contributed by atoms with Gasteiger partial charge in [-0.3, -0.25) is 4.79 Å². The summed E-state index contributed by atoms with van der Waals surface area (Å²) in [6.07, 6.45) is 5.71. The van der Waals surface area contributed by atoms with Gasteiger partial charge in [0.25, 0.3) is 0 Å². The summed E-state index contributed by atoms with van der Waals surface area (Å²) in [4.78, 5) is 13.5. The van der Waals surface area contributed by atoms with Gasteiger partial charge in [-0.15, -0.1) is 6.42 Å². The molecule has 1 aliphatic rings. The predicted octanol–water partition coefficient (Wildman–Crippen LogP) is -0.757. The number of hydrogen-bond donors (Lipinski definition) is 1. The van der Waals surface area contributed by atoms with Gasteiger partial charge in [0, 0.05) is 6.04 Å². The van der Waals surface area contributed by atoms with Crippen LogP contribution in [0.1, 0.15) is 13.3 Å². The molecule has 0 saturated carbocycles. The van der Waals surface area contributed by atoms with Crippen molar-refractivity contribution in [1.82, 2.24) is 10.2 Å². The van der Waals surface area contributed by atoms with Crippen molar-refractivity contribution in [1.29, 1.82) is 0 Å². The van der Waals surface area contributed by atoms with E-state index in [-0.39, 0.29) is 36.0 Å². The number of likely N-dealkylation sites (N-methyl/N-ethyl adjacent to an activating group) is 1. The maximum Gasteiger partial charge on any atom is 0.240 e. The molecule has 96 valence electrons. The van der Waals surface area contributed by atoms with E-state index < -0.39 is 9.84 Å². The maximum absolute atomic E-state index is 12.0. The van der Waals surface area contributed by atoms with E-state index in [2.05, 4.69) is 11.2 Å². The van der Waals surface area contributed by atoms with Crippen LogP contribution >= 0.6 is 0 Å². The fourth-order valence-corrected chi connectivity index (χ4v) is 3.61. The zero-order valence-electron chi connectivity index (χ0n) is 10.1. The lowest BCUT2D eigenvalue weighted by atomic mass is 10.2. The molecular formula is C11H18N2O3S. The molecule has 6 heteroatoms. The summed E-state index contributed by atoms with van der Waals surface area (Å²) >= 11 is 0. The third-order valence-corrected chi connectivity index (χ3v) is 4.75. The summed E-state index contributed by atoms with van der Waals surface area (Å²) < 4.78 is 22.8. The standard InChI is InChI=1S/C11H18N2O3S/c1-4-6-13(11(14)9(2)12-3)10-5-7-17(15,16)8-10/h1,9-10,12H,5-8H2,2-3H3. The first kappa shape index (κ1) is 14.0. The van der Waals surface area contributed by atoms with Crippen LogP contribution < -0.4 is 5.32 Å². The smallest absolute Gasteiger partial charge is 0.240 e. The Morgan fingerprint density at radius 1 is 1.65 bits per heavy atom. The molecular weight excluding hydrogens is 240 g/mol. The largest absolute Gasteiger partial charge is 0.326 e. The van der Waals surface area contributed by atoms with Gasteiger partial charge >= 0.3 is 0 Å². The first-order valence-electron chi connectivity index (χ1n) is 5.53. The SMILES string of the molecule is C#CCN(C(=O)C(C)NC)C1CCS(=O)(=O)C1. The van der Waals surface area contributed by atoms with Crippen LogP contribution in [0, 0.1) is 12.3 Å². The Morgan fingerprint density at radius 2 is 2.29 bits per heavy atom. The van der Waals surface area contributed by atoms with Crippen molar-refractivity contribution in [3.05, 3.63) is 0 Å². The van der Waals surface area contributed by atoms with Crippen molar-refractivity contribution < 1.29 is 13.2 Å². The lowest BCUT2D eigenvalue weighted by Crippen LogP contribution is -2.49. The molecule has 1 saturated heterocycles. The summed E-state index contributed by atoms with van der Waals surface area (Å²) in [5, 5.41) is 2.84. The molecule has 2 atom stereocenters. The molecule has 0 aliphatic carbocycles. The lowest BCUT2D eigenvalue weighted by Gasteiger charge is -2.28. The molecule has 1 rings (SSSR count). The molecule has 0 bridgehead atoms. The van der Waals surface area contributed by atoms with E-state index >= 15 is 0 Å². The first-order valence-corrected chi connectivity index (χ1v) is 7.35. The minimum atomic E-state index is -3.01. The second-order valence-corrected chi connectivity index (χ2v) is 6.47. The highest BCUT2D eigenvalue weighted by atomic mass is 32.2. The number of hydrogen-bond acceptors (Lipinski definition) is 4. The highest BCUT2D eigenvalue weighted by Gasteiger charge is 2.35. The average molecular weight is 258 g/mol. The maximum atomic E-state index is 12.0. The highest BCUT2D eigenvalue weighted by molar-refractivity contribution is 7.91. The Bertz CT molecular complexity index is 424. The van der Waals surface area contributed by atoms with Crippen LogP contribution in [0.3, 0.4) is 0 Å². The van der Waals surface area contributed by atoms with Gasteiger partial charge < -0.3 is 10.2 Å². The Kier molecular flexibility index (Phi) is 4.54. The van der Waals surface area contributed by atoms with Gasteiger partial charge in [0.1, 0.15) is 0 Å².